The summed E-state index contributed by atoms with van der Waals surface area (Å²) in [7, 11) is 1.61. The lowest BCUT2D eigenvalue weighted by Crippen LogP contribution is -2.46. The molecule has 1 aromatic heterocycles. The van der Waals surface area contributed by atoms with E-state index in [9.17, 15) is 4.79 Å². The number of pyridine rings is 1. The van der Waals surface area contributed by atoms with Crippen LogP contribution < -0.4 is 5.32 Å². The van der Waals surface area contributed by atoms with Crippen molar-refractivity contribution in [1.29, 1.82) is 0 Å². The minimum absolute atomic E-state index is 0.151. The number of halogens is 1. The van der Waals surface area contributed by atoms with Gasteiger partial charge in [-0.15, -0.1) is 0 Å². The Balaban J connectivity index is 2.69. The van der Waals surface area contributed by atoms with Gasteiger partial charge in [-0.05, 0) is 41.9 Å². The minimum atomic E-state index is -0.390. The highest BCUT2D eigenvalue weighted by atomic mass is 79.9. The van der Waals surface area contributed by atoms with Crippen molar-refractivity contribution in [3.63, 3.8) is 0 Å². The third kappa shape index (κ3) is 3.90. The second-order valence-corrected chi connectivity index (χ2v) is 4.95. The van der Waals surface area contributed by atoms with Crippen molar-refractivity contribution < 1.29 is 9.53 Å². The highest BCUT2D eigenvalue weighted by Crippen LogP contribution is 2.08. The fraction of sp³-hybridized carbons (Fsp3) is 0.455. The van der Waals surface area contributed by atoms with E-state index in [0.717, 1.165) is 0 Å². The van der Waals surface area contributed by atoms with Gasteiger partial charge < -0.3 is 10.1 Å². The molecular weight excluding hydrogens is 272 g/mol. The summed E-state index contributed by atoms with van der Waals surface area (Å²) in [5.41, 5.74) is 0.145. The molecule has 0 fully saturated rings. The van der Waals surface area contributed by atoms with Crippen molar-refractivity contribution >= 4 is 21.8 Å². The van der Waals surface area contributed by atoms with Crippen molar-refractivity contribution in [1.82, 2.24) is 10.3 Å². The van der Waals surface area contributed by atoms with E-state index in [1.807, 2.05) is 13.8 Å². The Morgan fingerprint density at radius 1 is 1.56 bits per heavy atom. The lowest BCUT2D eigenvalue weighted by atomic mass is 10.1. The van der Waals surface area contributed by atoms with Crippen LogP contribution in [-0.2, 0) is 4.74 Å². The quantitative estimate of drug-likeness (QED) is 0.862. The predicted octanol–water partition coefficient (Wildman–Crippen LogP) is 2.00. The van der Waals surface area contributed by atoms with Gasteiger partial charge in [-0.25, -0.2) is 4.98 Å². The van der Waals surface area contributed by atoms with E-state index in [2.05, 4.69) is 26.2 Å². The summed E-state index contributed by atoms with van der Waals surface area (Å²) in [6.45, 7) is 4.27. The summed E-state index contributed by atoms with van der Waals surface area (Å²) < 4.78 is 5.73. The minimum Gasteiger partial charge on any atom is -0.382 e. The zero-order chi connectivity index (χ0) is 12.2. The lowest BCUT2D eigenvalue weighted by molar-refractivity contribution is 0.0819. The van der Waals surface area contributed by atoms with Gasteiger partial charge in [0.2, 0.25) is 0 Å². The van der Waals surface area contributed by atoms with Crippen molar-refractivity contribution in [3.05, 3.63) is 28.5 Å². The standard InChI is InChI=1S/C11H15BrN2O2/c1-11(2,7-16-3)14-10(15)8-4-5-9(12)13-6-8/h4-6H,7H2,1-3H3,(H,14,15). The van der Waals surface area contributed by atoms with Gasteiger partial charge in [-0.2, -0.15) is 0 Å². The molecule has 16 heavy (non-hydrogen) atoms. The summed E-state index contributed by atoms with van der Waals surface area (Å²) in [6, 6.07) is 3.45. The van der Waals surface area contributed by atoms with Gasteiger partial charge in [0.1, 0.15) is 4.60 Å². The van der Waals surface area contributed by atoms with Gasteiger partial charge in [-0.1, -0.05) is 0 Å². The average Bonchev–Trinajstić information content (AvgIpc) is 2.17. The fourth-order valence-electron chi connectivity index (χ4n) is 1.29. The van der Waals surface area contributed by atoms with Crippen molar-refractivity contribution in [2.45, 2.75) is 19.4 Å². The van der Waals surface area contributed by atoms with Crippen molar-refractivity contribution in [2.75, 3.05) is 13.7 Å². The van der Waals surface area contributed by atoms with Gasteiger partial charge in [0, 0.05) is 13.3 Å². The molecule has 0 aromatic carbocycles. The van der Waals surface area contributed by atoms with Gasteiger partial charge in [-0.3, -0.25) is 4.79 Å². The lowest BCUT2D eigenvalue weighted by Gasteiger charge is -2.25. The molecule has 88 valence electrons. The molecule has 0 radical (unpaired) electrons. The van der Waals surface area contributed by atoms with Crippen LogP contribution in [0.4, 0.5) is 0 Å². The molecule has 1 amide bonds. The average molecular weight is 287 g/mol. The smallest absolute Gasteiger partial charge is 0.253 e. The molecule has 0 bridgehead atoms. The number of rotatable bonds is 4. The predicted molar refractivity (Wildman–Crippen MR) is 65.4 cm³/mol. The number of hydrogen-bond donors (Lipinski definition) is 1. The summed E-state index contributed by atoms with van der Waals surface area (Å²) in [6.07, 6.45) is 1.53. The molecule has 5 heteroatoms. The largest absolute Gasteiger partial charge is 0.382 e. The van der Waals surface area contributed by atoms with Crippen LogP contribution >= 0.6 is 15.9 Å². The third-order valence-electron chi connectivity index (χ3n) is 1.95. The number of amides is 1. The molecule has 0 aliphatic rings. The molecule has 0 saturated carbocycles. The topological polar surface area (TPSA) is 51.2 Å². The van der Waals surface area contributed by atoms with Gasteiger partial charge >= 0.3 is 0 Å². The maximum Gasteiger partial charge on any atom is 0.253 e. The number of ether oxygens (including phenoxy) is 1. The Morgan fingerprint density at radius 2 is 2.25 bits per heavy atom. The van der Waals surface area contributed by atoms with Crippen LogP contribution in [0.25, 0.3) is 0 Å². The Morgan fingerprint density at radius 3 is 2.75 bits per heavy atom. The maximum absolute atomic E-state index is 11.8. The van der Waals surface area contributed by atoms with Crippen molar-refractivity contribution in [3.8, 4) is 0 Å². The number of hydrogen-bond acceptors (Lipinski definition) is 3. The van der Waals surface area contributed by atoms with Crippen molar-refractivity contribution in [2.24, 2.45) is 0 Å². The summed E-state index contributed by atoms with van der Waals surface area (Å²) in [4.78, 5) is 15.8. The molecule has 1 aromatic rings. The molecule has 0 unspecified atom stereocenters. The second-order valence-electron chi connectivity index (χ2n) is 4.14. The first-order chi connectivity index (χ1) is 7.44. The van der Waals surface area contributed by atoms with Crippen LogP contribution in [0.15, 0.2) is 22.9 Å². The number of carbonyl (C=O) groups excluding carboxylic acids is 1. The Bertz CT molecular complexity index is 363. The summed E-state index contributed by atoms with van der Waals surface area (Å²) in [5, 5.41) is 2.87. The summed E-state index contributed by atoms with van der Waals surface area (Å²) in [5.74, 6) is -0.151. The summed E-state index contributed by atoms with van der Waals surface area (Å²) >= 11 is 3.22. The second kappa shape index (κ2) is 5.41. The molecule has 0 aliphatic heterocycles. The first kappa shape index (κ1) is 13.1. The van der Waals surface area contributed by atoms with Crippen LogP contribution in [0.3, 0.4) is 0 Å². The van der Waals surface area contributed by atoms with Gasteiger partial charge in [0.05, 0.1) is 17.7 Å². The molecule has 0 spiro atoms. The third-order valence-corrected chi connectivity index (χ3v) is 2.42. The SMILES string of the molecule is COCC(C)(C)NC(=O)c1ccc(Br)nc1. The van der Waals surface area contributed by atoms with Gasteiger partial charge in [0.25, 0.3) is 5.91 Å². The molecular formula is C11H15BrN2O2. The molecule has 0 saturated heterocycles. The number of methoxy groups -OCH3 is 1. The van der Waals surface area contributed by atoms with Gasteiger partial charge in [0.15, 0.2) is 0 Å². The Hall–Kier alpha value is -0.940. The van der Waals surface area contributed by atoms with E-state index in [-0.39, 0.29) is 11.4 Å². The number of carbonyl (C=O) groups is 1. The van der Waals surface area contributed by atoms with E-state index in [1.54, 1.807) is 19.2 Å². The van der Waals surface area contributed by atoms with E-state index in [0.29, 0.717) is 16.8 Å². The monoisotopic (exact) mass is 286 g/mol. The molecule has 0 atom stereocenters. The number of nitrogens with zero attached hydrogens (tertiary/aromatic N) is 1. The molecule has 1 N–H and O–H groups in total. The maximum atomic E-state index is 11.8. The van der Waals surface area contributed by atoms with E-state index < -0.39 is 0 Å². The normalized spacial score (nSPS) is 11.2. The number of nitrogens with one attached hydrogen (secondary N) is 1. The van der Waals surface area contributed by atoms with Crippen LogP contribution in [0, 0.1) is 0 Å². The molecule has 4 nitrogen and oxygen atoms in total. The number of aromatic nitrogens is 1. The first-order valence-corrected chi connectivity index (χ1v) is 5.67. The zero-order valence-electron chi connectivity index (χ0n) is 9.58. The zero-order valence-corrected chi connectivity index (χ0v) is 11.2. The molecule has 0 aliphatic carbocycles. The van der Waals surface area contributed by atoms with E-state index in [4.69, 9.17) is 4.74 Å². The van der Waals surface area contributed by atoms with E-state index in [1.165, 1.54) is 6.20 Å². The highest BCUT2D eigenvalue weighted by Gasteiger charge is 2.20. The van der Waals surface area contributed by atoms with E-state index >= 15 is 0 Å². The molecule has 1 rings (SSSR count). The first-order valence-electron chi connectivity index (χ1n) is 4.87. The van der Waals surface area contributed by atoms with Crippen LogP contribution in [0.2, 0.25) is 0 Å². The highest BCUT2D eigenvalue weighted by molar-refractivity contribution is 9.10. The van der Waals surface area contributed by atoms with Crippen LogP contribution in [0.1, 0.15) is 24.2 Å². The Labute approximate surface area is 104 Å². The van der Waals surface area contributed by atoms with Crippen LogP contribution in [0.5, 0.6) is 0 Å². The van der Waals surface area contributed by atoms with Crippen LogP contribution in [-0.4, -0.2) is 30.1 Å². The fourth-order valence-corrected chi connectivity index (χ4v) is 1.52. The molecule has 1 heterocycles. The Kier molecular flexibility index (Phi) is 4.44.